The molecule has 0 spiro atoms. The van der Waals surface area contributed by atoms with Gasteiger partial charge in [-0.2, -0.15) is 5.10 Å². The summed E-state index contributed by atoms with van der Waals surface area (Å²) in [5.41, 5.74) is 2.85. The van der Waals surface area contributed by atoms with Crippen LogP contribution in [-0.4, -0.2) is 48.2 Å². The molecule has 2 rings (SSSR count). The smallest absolute Gasteiger partial charge is 0.329 e. The van der Waals surface area contributed by atoms with Crippen molar-refractivity contribution >= 4 is 18.0 Å². The first-order chi connectivity index (χ1) is 11.0. The summed E-state index contributed by atoms with van der Waals surface area (Å²) in [6.07, 6.45) is 3.20. The number of rotatable bonds is 3. The van der Waals surface area contributed by atoms with Gasteiger partial charge in [-0.3, -0.25) is 9.59 Å². The highest BCUT2D eigenvalue weighted by Crippen LogP contribution is 2.25. The van der Waals surface area contributed by atoms with Crippen molar-refractivity contribution in [2.75, 3.05) is 20.2 Å². The van der Waals surface area contributed by atoms with Crippen LogP contribution in [-0.2, 0) is 9.59 Å². The molecule has 1 saturated heterocycles. The standard InChI is InChI=1S/C16H21N3O4/c1-11-5-7-19(8-6-11)16(22)15(21)18-17-10-12-3-4-13(20)14(9-12)23-2/h3-4,9-11,20H,5-8H2,1-2H3,(H,18,21). The molecule has 1 aliphatic rings. The van der Waals surface area contributed by atoms with Gasteiger partial charge in [0.15, 0.2) is 11.5 Å². The van der Waals surface area contributed by atoms with E-state index in [1.165, 1.54) is 19.4 Å². The summed E-state index contributed by atoms with van der Waals surface area (Å²) in [6.45, 7) is 3.34. The van der Waals surface area contributed by atoms with Crippen LogP contribution in [0, 0.1) is 5.92 Å². The van der Waals surface area contributed by atoms with E-state index in [4.69, 9.17) is 4.74 Å². The number of methoxy groups -OCH3 is 1. The van der Waals surface area contributed by atoms with E-state index in [9.17, 15) is 14.7 Å². The van der Waals surface area contributed by atoms with E-state index in [0.717, 1.165) is 12.8 Å². The Balaban J connectivity index is 1.89. The van der Waals surface area contributed by atoms with E-state index >= 15 is 0 Å². The Labute approximate surface area is 134 Å². The SMILES string of the molecule is COc1cc(C=NNC(=O)C(=O)N2CCC(C)CC2)ccc1O. The molecule has 2 amide bonds. The molecule has 0 aliphatic carbocycles. The average Bonchev–Trinajstić information content (AvgIpc) is 2.56. The number of phenols is 1. The second kappa shape index (κ2) is 7.62. The van der Waals surface area contributed by atoms with Crippen molar-refractivity contribution in [2.24, 2.45) is 11.0 Å². The molecule has 0 radical (unpaired) electrons. The molecule has 0 bridgehead atoms. The van der Waals surface area contributed by atoms with Crippen LogP contribution in [0.1, 0.15) is 25.3 Å². The largest absolute Gasteiger partial charge is 0.504 e. The minimum Gasteiger partial charge on any atom is -0.504 e. The van der Waals surface area contributed by atoms with Crippen LogP contribution in [0.15, 0.2) is 23.3 Å². The number of benzene rings is 1. The molecule has 0 aromatic heterocycles. The Morgan fingerprint density at radius 1 is 1.39 bits per heavy atom. The number of hydrogen-bond acceptors (Lipinski definition) is 5. The van der Waals surface area contributed by atoms with Gasteiger partial charge in [0, 0.05) is 13.1 Å². The monoisotopic (exact) mass is 319 g/mol. The van der Waals surface area contributed by atoms with Gasteiger partial charge in [0.2, 0.25) is 0 Å². The molecular weight excluding hydrogens is 298 g/mol. The van der Waals surface area contributed by atoms with Gasteiger partial charge in [-0.25, -0.2) is 5.43 Å². The van der Waals surface area contributed by atoms with Crippen molar-refractivity contribution in [3.8, 4) is 11.5 Å². The first-order valence-electron chi connectivity index (χ1n) is 7.50. The Morgan fingerprint density at radius 3 is 2.74 bits per heavy atom. The number of likely N-dealkylation sites (tertiary alicyclic amines) is 1. The lowest BCUT2D eigenvalue weighted by atomic mass is 9.99. The molecular formula is C16H21N3O4. The molecule has 2 N–H and O–H groups in total. The van der Waals surface area contributed by atoms with Gasteiger partial charge in [-0.15, -0.1) is 0 Å². The number of hydrogen-bond donors (Lipinski definition) is 2. The summed E-state index contributed by atoms with van der Waals surface area (Å²) in [5, 5.41) is 13.3. The fourth-order valence-corrected chi connectivity index (χ4v) is 2.34. The van der Waals surface area contributed by atoms with Crippen molar-refractivity contribution in [2.45, 2.75) is 19.8 Å². The zero-order valence-corrected chi connectivity index (χ0v) is 13.3. The highest BCUT2D eigenvalue weighted by atomic mass is 16.5. The first-order valence-corrected chi connectivity index (χ1v) is 7.50. The van der Waals surface area contributed by atoms with E-state index in [1.807, 2.05) is 0 Å². The number of aromatic hydroxyl groups is 1. The van der Waals surface area contributed by atoms with Crippen LogP contribution in [0.25, 0.3) is 0 Å². The van der Waals surface area contributed by atoms with Crippen molar-refractivity contribution in [1.29, 1.82) is 0 Å². The van der Waals surface area contributed by atoms with Crippen LogP contribution in [0.5, 0.6) is 11.5 Å². The van der Waals surface area contributed by atoms with E-state index in [2.05, 4.69) is 17.5 Å². The fourth-order valence-electron chi connectivity index (χ4n) is 2.34. The Kier molecular flexibility index (Phi) is 5.56. The number of piperidine rings is 1. The predicted octanol–water partition coefficient (Wildman–Crippen LogP) is 1.11. The lowest BCUT2D eigenvalue weighted by Crippen LogP contribution is -2.45. The molecule has 0 saturated carbocycles. The second-order valence-electron chi connectivity index (χ2n) is 5.61. The number of carbonyl (C=O) groups is 2. The molecule has 7 heteroatoms. The maximum atomic E-state index is 12.0. The molecule has 1 aromatic rings. The zero-order valence-electron chi connectivity index (χ0n) is 13.3. The summed E-state index contributed by atoms with van der Waals surface area (Å²) >= 11 is 0. The third kappa shape index (κ3) is 4.45. The molecule has 1 aromatic carbocycles. The van der Waals surface area contributed by atoms with Gasteiger partial charge in [0.25, 0.3) is 0 Å². The normalized spacial score (nSPS) is 15.7. The van der Waals surface area contributed by atoms with Gasteiger partial charge < -0.3 is 14.7 Å². The molecule has 124 valence electrons. The highest BCUT2D eigenvalue weighted by Gasteiger charge is 2.25. The van der Waals surface area contributed by atoms with Crippen molar-refractivity contribution < 1.29 is 19.4 Å². The number of nitrogens with zero attached hydrogens (tertiary/aromatic N) is 2. The van der Waals surface area contributed by atoms with Crippen LogP contribution in [0.2, 0.25) is 0 Å². The molecule has 1 aliphatic heterocycles. The molecule has 1 heterocycles. The minimum absolute atomic E-state index is 0.0168. The van der Waals surface area contributed by atoms with Crippen LogP contribution in [0.4, 0.5) is 0 Å². The third-order valence-electron chi connectivity index (χ3n) is 3.85. The third-order valence-corrected chi connectivity index (χ3v) is 3.85. The topological polar surface area (TPSA) is 91.2 Å². The Morgan fingerprint density at radius 2 is 2.09 bits per heavy atom. The summed E-state index contributed by atoms with van der Waals surface area (Å²) in [5.74, 6) is -0.398. The molecule has 7 nitrogen and oxygen atoms in total. The van der Waals surface area contributed by atoms with Gasteiger partial charge in [-0.05, 0) is 42.5 Å². The summed E-state index contributed by atoms with van der Waals surface area (Å²) in [6, 6.07) is 4.64. The van der Waals surface area contributed by atoms with Crippen LogP contribution in [0.3, 0.4) is 0 Å². The average molecular weight is 319 g/mol. The fraction of sp³-hybridized carbons (Fsp3) is 0.438. The lowest BCUT2D eigenvalue weighted by molar-refractivity contribution is -0.146. The maximum Gasteiger partial charge on any atom is 0.329 e. The van der Waals surface area contributed by atoms with Crippen molar-refractivity contribution in [3.05, 3.63) is 23.8 Å². The van der Waals surface area contributed by atoms with E-state index < -0.39 is 11.8 Å². The van der Waals surface area contributed by atoms with Crippen LogP contribution >= 0.6 is 0 Å². The highest BCUT2D eigenvalue weighted by molar-refractivity contribution is 6.35. The van der Waals surface area contributed by atoms with Crippen LogP contribution < -0.4 is 10.2 Å². The maximum absolute atomic E-state index is 12.0. The summed E-state index contributed by atoms with van der Waals surface area (Å²) in [4.78, 5) is 25.3. The number of phenolic OH excluding ortho intramolecular Hbond substituents is 1. The quantitative estimate of drug-likeness (QED) is 0.496. The van der Waals surface area contributed by atoms with Gasteiger partial charge in [0.05, 0.1) is 13.3 Å². The number of nitrogens with one attached hydrogen (secondary N) is 1. The van der Waals surface area contributed by atoms with E-state index in [0.29, 0.717) is 30.3 Å². The summed E-state index contributed by atoms with van der Waals surface area (Å²) in [7, 11) is 1.44. The van der Waals surface area contributed by atoms with Crippen molar-refractivity contribution in [1.82, 2.24) is 10.3 Å². The first kappa shape index (κ1) is 16.8. The van der Waals surface area contributed by atoms with Gasteiger partial charge >= 0.3 is 11.8 Å². The minimum atomic E-state index is -0.749. The second-order valence-corrected chi connectivity index (χ2v) is 5.61. The number of amides is 2. The lowest BCUT2D eigenvalue weighted by Gasteiger charge is -2.29. The number of hydrazone groups is 1. The number of carbonyl (C=O) groups excluding carboxylic acids is 2. The molecule has 0 unspecified atom stereocenters. The Hall–Kier alpha value is -2.57. The number of ether oxygens (including phenoxy) is 1. The summed E-state index contributed by atoms with van der Waals surface area (Å²) < 4.78 is 4.98. The van der Waals surface area contributed by atoms with Gasteiger partial charge in [-0.1, -0.05) is 6.92 Å². The molecule has 23 heavy (non-hydrogen) atoms. The van der Waals surface area contributed by atoms with E-state index in [1.54, 1.807) is 17.0 Å². The van der Waals surface area contributed by atoms with Crippen molar-refractivity contribution in [3.63, 3.8) is 0 Å². The van der Waals surface area contributed by atoms with Gasteiger partial charge in [0.1, 0.15) is 0 Å². The molecule has 0 atom stereocenters. The zero-order chi connectivity index (χ0) is 16.8. The molecule has 1 fully saturated rings. The predicted molar refractivity (Wildman–Crippen MR) is 85.4 cm³/mol. The Bertz CT molecular complexity index is 607. The van der Waals surface area contributed by atoms with E-state index in [-0.39, 0.29) is 5.75 Å².